The molecule has 2 aromatic heterocycles. The van der Waals surface area contributed by atoms with E-state index in [9.17, 15) is 14.4 Å². The van der Waals surface area contributed by atoms with Crippen LogP contribution in [0.5, 0.6) is 0 Å². The number of piperidine rings is 1. The van der Waals surface area contributed by atoms with E-state index < -0.39 is 0 Å². The van der Waals surface area contributed by atoms with Gasteiger partial charge >= 0.3 is 0 Å². The van der Waals surface area contributed by atoms with E-state index in [1.165, 1.54) is 11.3 Å². The molecule has 0 saturated carbocycles. The molecule has 0 radical (unpaired) electrons. The van der Waals surface area contributed by atoms with Crippen molar-refractivity contribution in [2.45, 2.75) is 18.9 Å². The van der Waals surface area contributed by atoms with Gasteiger partial charge in [-0.15, -0.1) is 11.3 Å². The molecule has 0 aliphatic carbocycles. The van der Waals surface area contributed by atoms with E-state index in [0.29, 0.717) is 35.8 Å². The van der Waals surface area contributed by atoms with Crippen molar-refractivity contribution in [2.24, 2.45) is 5.92 Å². The summed E-state index contributed by atoms with van der Waals surface area (Å²) in [7, 11) is 0. The number of fused-ring (bicyclic) bond motifs is 4. The monoisotopic (exact) mass is 495 g/mol. The number of amides is 2. The van der Waals surface area contributed by atoms with Crippen LogP contribution in [0.3, 0.4) is 0 Å². The Bertz CT molecular complexity index is 1480. The Morgan fingerprint density at radius 2 is 1.61 bits per heavy atom. The zero-order chi connectivity index (χ0) is 24.6. The Hall–Kier alpha value is -3.97. The summed E-state index contributed by atoms with van der Waals surface area (Å²) in [4.78, 5) is 41.5. The largest absolute Gasteiger partial charge is 0.338 e. The summed E-state index contributed by atoms with van der Waals surface area (Å²) in [6, 6.07) is 25.1. The standard InChI is InChI=1S/C29H25N3O3S/c33-27(26-7-4-14-36-26)30-24-12-13-25-23-15-19(17-32(25)29(24)35)16-31(18-23)28(34)22-10-8-21(9-11-22)20-5-2-1-3-6-20/h1-14,19,23H,15-18H2,(H,30,33)/t19-,23-/m1/s1. The second kappa shape index (κ2) is 9.24. The first-order chi connectivity index (χ1) is 17.6. The number of anilines is 1. The molecule has 36 heavy (non-hydrogen) atoms. The quantitative estimate of drug-likeness (QED) is 0.429. The zero-order valence-corrected chi connectivity index (χ0v) is 20.4. The maximum atomic E-state index is 13.4. The number of carbonyl (C=O) groups excluding carboxylic acids is 2. The number of hydrogen-bond acceptors (Lipinski definition) is 4. The lowest BCUT2D eigenvalue weighted by Crippen LogP contribution is -2.49. The zero-order valence-electron chi connectivity index (χ0n) is 19.6. The number of carbonyl (C=O) groups is 2. The molecule has 4 heterocycles. The van der Waals surface area contributed by atoms with E-state index in [4.69, 9.17) is 0 Å². The summed E-state index contributed by atoms with van der Waals surface area (Å²) in [6.07, 6.45) is 0.955. The molecule has 2 bridgehead atoms. The van der Waals surface area contributed by atoms with Crippen molar-refractivity contribution in [2.75, 3.05) is 18.4 Å². The topological polar surface area (TPSA) is 71.4 Å². The van der Waals surface area contributed by atoms with E-state index in [-0.39, 0.29) is 29.2 Å². The van der Waals surface area contributed by atoms with E-state index in [2.05, 4.69) is 17.4 Å². The number of benzene rings is 2. The van der Waals surface area contributed by atoms with Gasteiger partial charge in [0.25, 0.3) is 17.4 Å². The van der Waals surface area contributed by atoms with Crippen LogP contribution in [0.2, 0.25) is 0 Å². The number of likely N-dealkylation sites (tertiary alicyclic amines) is 1. The van der Waals surface area contributed by atoms with Gasteiger partial charge in [0, 0.05) is 36.8 Å². The van der Waals surface area contributed by atoms with Crippen LogP contribution in [0.15, 0.2) is 89.0 Å². The minimum Gasteiger partial charge on any atom is -0.338 e. The van der Waals surface area contributed by atoms with Crippen LogP contribution in [0.1, 0.15) is 38.1 Å². The van der Waals surface area contributed by atoms with E-state index in [1.54, 1.807) is 16.7 Å². The molecule has 7 heteroatoms. The van der Waals surface area contributed by atoms with Gasteiger partial charge in [0.1, 0.15) is 5.69 Å². The molecule has 0 spiro atoms. The lowest BCUT2D eigenvalue weighted by molar-refractivity contribution is 0.0594. The second-order valence-electron chi connectivity index (χ2n) is 9.47. The van der Waals surface area contributed by atoms with Crippen molar-refractivity contribution in [1.82, 2.24) is 9.47 Å². The highest BCUT2D eigenvalue weighted by atomic mass is 32.1. The molecule has 6 nitrogen and oxygen atoms in total. The minimum atomic E-state index is -0.270. The number of hydrogen-bond donors (Lipinski definition) is 1. The molecule has 2 aromatic carbocycles. The molecule has 2 aliphatic heterocycles. The molecular weight excluding hydrogens is 470 g/mol. The highest BCUT2D eigenvalue weighted by Crippen LogP contribution is 2.36. The average molecular weight is 496 g/mol. The van der Waals surface area contributed by atoms with Crippen LogP contribution in [0, 0.1) is 5.92 Å². The van der Waals surface area contributed by atoms with Gasteiger partial charge in [-0.2, -0.15) is 0 Å². The highest BCUT2D eigenvalue weighted by Gasteiger charge is 2.37. The summed E-state index contributed by atoms with van der Waals surface area (Å²) < 4.78 is 1.79. The smallest absolute Gasteiger partial charge is 0.274 e. The Morgan fingerprint density at radius 3 is 2.36 bits per heavy atom. The van der Waals surface area contributed by atoms with Gasteiger partial charge in [0.15, 0.2) is 0 Å². The van der Waals surface area contributed by atoms with Crippen LogP contribution < -0.4 is 10.9 Å². The Kier molecular flexibility index (Phi) is 5.77. The molecule has 2 aliphatic rings. The van der Waals surface area contributed by atoms with E-state index >= 15 is 0 Å². The maximum Gasteiger partial charge on any atom is 0.274 e. The number of rotatable bonds is 4. The van der Waals surface area contributed by atoms with Crippen LogP contribution in [0.25, 0.3) is 11.1 Å². The molecule has 1 fully saturated rings. The molecule has 1 saturated heterocycles. The first-order valence-electron chi connectivity index (χ1n) is 12.1. The Balaban J connectivity index is 1.20. The molecular formula is C29H25N3O3S. The third-order valence-electron chi connectivity index (χ3n) is 7.12. The molecule has 2 amide bonds. The van der Waals surface area contributed by atoms with E-state index in [0.717, 1.165) is 23.2 Å². The second-order valence-corrected chi connectivity index (χ2v) is 10.4. The van der Waals surface area contributed by atoms with Crippen molar-refractivity contribution in [3.8, 4) is 11.1 Å². The summed E-state index contributed by atoms with van der Waals surface area (Å²) >= 11 is 1.34. The summed E-state index contributed by atoms with van der Waals surface area (Å²) in [5.41, 5.74) is 3.93. The fourth-order valence-electron chi connectivity index (χ4n) is 5.42. The van der Waals surface area contributed by atoms with Gasteiger partial charge < -0.3 is 14.8 Å². The molecule has 1 N–H and O–H groups in total. The fourth-order valence-corrected chi connectivity index (χ4v) is 6.04. The number of pyridine rings is 1. The number of thiophene rings is 1. The third kappa shape index (κ3) is 4.16. The van der Waals surface area contributed by atoms with Crippen molar-refractivity contribution in [3.63, 3.8) is 0 Å². The van der Waals surface area contributed by atoms with Crippen molar-refractivity contribution < 1.29 is 9.59 Å². The summed E-state index contributed by atoms with van der Waals surface area (Å²) in [5.74, 6) is 0.0539. The maximum absolute atomic E-state index is 13.4. The first-order valence-corrected chi connectivity index (χ1v) is 13.0. The minimum absolute atomic E-state index is 0.0277. The lowest BCUT2D eigenvalue weighted by Gasteiger charge is -2.43. The average Bonchev–Trinajstić information content (AvgIpc) is 3.46. The molecule has 2 atom stereocenters. The van der Waals surface area contributed by atoms with Crippen molar-refractivity contribution in [3.05, 3.63) is 111 Å². The van der Waals surface area contributed by atoms with Gasteiger partial charge in [-0.05, 0) is 59.2 Å². The molecule has 180 valence electrons. The Labute approximate surface area is 212 Å². The number of aromatic nitrogens is 1. The van der Waals surface area contributed by atoms with Crippen LogP contribution in [-0.2, 0) is 6.54 Å². The fraction of sp³-hybridized carbons (Fsp3) is 0.207. The number of nitrogens with one attached hydrogen (secondary N) is 1. The van der Waals surface area contributed by atoms with Crippen LogP contribution in [0.4, 0.5) is 5.69 Å². The Morgan fingerprint density at radius 1 is 0.833 bits per heavy atom. The normalized spacial score (nSPS) is 18.4. The van der Waals surface area contributed by atoms with Crippen molar-refractivity contribution in [1.29, 1.82) is 0 Å². The van der Waals surface area contributed by atoms with E-state index in [1.807, 2.05) is 64.9 Å². The van der Waals surface area contributed by atoms with Crippen molar-refractivity contribution >= 4 is 28.8 Å². The number of nitrogens with zero attached hydrogens (tertiary/aromatic N) is 2. The summed E-state index contributed by atoms with van der Waals surface area (Å²) in [5, 5.41) is 4.60. The van der Waals surface area contributed by atoms with Gasteiger partial charge in [0.2, 0.25) is 0 Å². The van der Waals surface area contributed by atoms with Gasteiger partial charge in [-0.3, -0.25) is 14.4 Å². The molecule has 0 unspecified atom stereocenters. The highest BCUT2D eigenvalue weighted by molar-refractivity contribution is 7.12. The summed E-state index contributed by atoms with van der Waals surface area (Å²) in [6.45, 7) is 1.74. The van der Waals surface area contributed by atoms with Gasteiger partial charge in [-0.25, -0.2) is 0 Å². The van der Waals surface area contributed by atoms with Crippen LogP contribution >= 0.6 is 11.3 Å². The lowest BCUT2D eigenvalue weighted by atomic mass is 9.83. The third-order valence-corrected chi connectivity index (χ3v) is 7.99. The predicted octanol–water partition coefficient (Wildman–Crippen LogP) is 5.09. The van der Waals surface area contributed by atoms with Crippen LogP contribution in [-0.4, -0.2) is 34.4 Å². The SMILES string of the molecule is O=C(Nc1ccc2n(c1=O)C[C@@H]1C[C@@H]2CN(C(=O)c2ccc(-c3ccccc3)cc2)C1)c1cccs1. The van der Waals surface area contributed by atoms with Gasteiger partial charge in [-0.1, -0.05) is 48.5 Å². The first kappa shape index (κ1) is 22.5. The molecule has 4 aromatic rings. The van der Waals surface area contributed by atoms with Gasteiger partial charge in [0.05, 0.1) is 4.88 Å². The molecule has 6 rings (SSSR count). The predicted molar refractivity (Wildman–Crippen MR) is 142 cm³/mol.